The smallest absolute Gasteiger partial charge is 0.349 e. The second-order valence-electron chi connectivity index (χ2n) is 6.04. The number of Topliss-reactive ketones (excluding diaryl/α,β-unsaturated/α-hetero) is 1. The first-order chi connectivity index (χ1) is 11.9. The molecule has 0 fully saturated rings. The van der Waals surface area contributed by atoms with Crippen LogP contribution < -0.4 is 9.47 Å². The molecule has 1 atom stereocenters. The van der Waals surface area contributed by atoms with Crippen molar-refractivity contribution in [3.8, 4) is 11.5 Å². The van der Waals surface area contributed by atoms with E-state index in [1.807, 2.05) is 0 Å². The van der Waals surface area contributed by atoms with Gasteiger partial charge in [0.1, 0.15) is 17.3 Å². The number of hydrogen-bond acceptors (Lipinski definition) is 4. The second-order valence-corrected chi connectivity index (χ2v) is 6.47. The molecule has 3 rings (SSSR count). The highest BCUT2D eigenvalue weighted by Crippen LogP contribution is 2.39. The average Bonchev–Trinajstić information content (AvgIpc) is 2.85. The molecule has 130 valence electrons. The summed E-state index contributed by atoms with van der Waals surface area (Å²) in [6.07, 6.45) is 0.210. The Bertz CT molecular complexity index is 863. The third-order valence-corrected chi connectivity index (χ3v) is 4.36. The van der Waals surface area contributed by atoms with Crippen LogP contribution in [0.4, 0.5) is 4.39 Å². The molecule has 1 aliphatic rings. The van der Waals surface area contributed by atoms with Crippen LogP contribution in [0.3, 0.4) is 0 Å². The lowest BCUT2D eigenvalue weighted by Crippen LogP contribution is -2.19. The summed E-state index contributed by atoms with van der Waals surface area (Å²) in [7, 11) is 0. The molecule has 25 heavy (non-hydrogen) atoms. The monoisotopic (exact) mass is 362 g/mol. The maximum atomic E-state index is 14.0. The first-order valence-corrected chi connectivity index (χ1v) is 8.20. The minimum Gasteiger partial charge on any atom is -0.482 e. The van der Waals surface area contributed by atoms with Crippen molar-refractivity contribution in [1.82, 2.24) is 0 Å². The molecule has 1 unspecified atom stereocenters. The number of rotatable bonds is 4. The van der Waals surface area contributed by atoms with Crippen molar-refractivity contribution < 1.29 is 23.5 Å². The number of benzene rings is 2. The van der Waals surface area contributed by atoms with Crippen molar-refractivity contribution in [2.75, 3.05) is 6.61 Å². The van der Waals surface area contributed by atoms with Crippen molar-refractivity contribution in [3.63, 3.8) is 0 Å². The van der Waals surface area contributed by atoms with E-state index in [1.165, 1.54) is 12.1 Å². The van der Waals surface area contributed by atoms with Gasteiger partial charge in [0.15, 0.2) is 12.4 Å². The molecule has 0 heterocycles. The summed E-state index contributed by atoms with van der Waals surface area (Å²) in [6, 6.07) is 7.54. The van der Waals surface area contributed by atoms with Gasteiger partial charge in [0.05, 0.1) is 5.56 Å². The van der Waals surface area contributed by atoms with Gasteiger partial charge in [0.25, 0.3) is 0 Å². The Morgan fingerprint density at radius 2 is 2.00 bits per heavy atom. The highest BCUT2D eigenvalue weighted by molar-refractivity contribution is 6.30. The van der Waals surface area contributed by atoms with Gasteiger partial charge in [-0.15, -0.1) is 0 Å². The molecule has 0 spiro atoms. The molecule has 0 radical (unpaired) electrons. The van der Waals surface area contributed by atoms with Crippen LogP contribution in [-0.2, 0) is 4.79 Å². The van der Waals surface area contributed by atoms with Crippen molar-refractivity contribution in [1.29, 1.82) is 0 Å². The summed E-state index contributed by atoms with van der Waals surface area (Å²) in [5, 5.41) is 0.571. The van der Waals surface area contributed by atoms with E-state index in [2.05, 4.69) is 0 Å². The van der Waals surface area contributed by atoms with Crippen LogP contribution in [-0.4, -0.2) is 18.4 Å². The van der Waals surface area contributed by atoms with Crippen LogP contribution >= 0.6 is 11.6 Å². The minimum absolute atomic E-state index is 0.0761. The van der Waals surface area contributed by atoms with Gasteiger partial charge in [-0.1, -0.05) is 18.5 Å². The summed E-state index contributed by atoms with van der Waals surface area (Å²) in [5.41, 5.74) is 1.25. The topological polar surface area (TPSA) is 52.6 Å². The predicted molar refractivity (Wildman–Crippen MR) is 91.1 cm³/mol. The van der Waals surface area contributed by atoms with Crippen LogP contribution in [0.15, 0.2) is 30.3 Å². The molecular weight excluding hydrogens is 347 g/mol. The molecule has 0 amide bonds. The average molecular weight is 363 g/mol. The van der Waals surface area contributed by atoms with E-state index in [1.54, 1.807) is 32.0 Å². The molecule has 1 aliphatic carbocycles. The lowest BCUT2D eigenvalue weighted by molar-refractivity contribution is -0.136. The van der Waals surface area contributed by atoms with Gasteiger partial charge in [0.2, 0.25) is 0 Å². The molecule has 6 heteroatoms. The molecule has 0 aliphatic heterocycles. The normalized spacial score (nSPS) is 15.8. The number of halogens is 2. The zero-order valence-corrected chi connectivity index (χ0v) is 14.5. The van der Waals surface area contributed by atoms with Crippen LogP contribution in [0, 0.1) is 12.7 Å². The van der Waals surface area contributed by atoms with E-state index < -0.39 is 11.8 Å². The van der Waals surface area contributed by atoms with E-state index in [4.69, 9.17) is 21.1 Å². The lowest BCUT2D eigenvalue weighted by Gasteiger charge is -2.12. The quantitative estimate of drug-likeness (QED) is 0.595. The third kappa shape index (κ3) is 3.51. The standard InChI is InChI=1S/C19H16ClFO4/c1-10-7-12(20)3-5-15(10)24-9-17(23)25-16-6-4-13(21)18-11(2)8-14(22)19(16)18/h3-7,11H,8-9H2,1-2H3. The Morgan fingerprint density at radius 1 is 1.28 bits per heavy atom. The highest BCUT2D eigenvalue weighted by Gasteiger charge is 2.33. The number of ether oxygens (including phenoxy) is 2. The van der Waals surface area contributed by atoms with Gasteiger partial charge in [-0.25, -0.2) is 9.18 Å². The van der Waals surface area contributed by atoms with Gasteiger partial charge >= 0.3 is 5.97 Å². The number of esters is 1. The van der Waals surface area contributed by atoms with E-state index in [0.717, 1.165) is 5.56 Å². The Labute approximate surface area is 149 Å². The fraction of sp³-hybridized carbons (Fsp3) is 0.263. The Kier molecular flexibility index (Phi) is 4.77. The van der Waals surface area contributed by atoms with Crippen molar-refractivity contribution in [2.24, 2.45) is 0 Å². The molecule has 4 nitrogen and oxygen atoms in total. The van der Waals surface area contributed by atoms with Gasteiger partial charge < -0.3 is 9.47 Å². The van der Waals surface area contributed by atoms with Crippen LogP contribution in [0.25, 0.3) is 0 Å². The fourth-order valence-electron chi connectivity index (χ4n) is 2.97. The number of carbonyl (C=O) groups excluding carboxylic acids is 2. The van der Waals surface area contributed by atoms with Crippen molar-refractivity contribution in [2.45, 2.75) is 26.2 Å². The summed E-state index contributed by atoms with van der Waals surface area (Å²) in [5.74, 6) is -0.993. The van der Waals surface area contributed by atoms with Crippen LogP contribution in [0.5, 0.6) is 11.5 Å². The summed E-state index contributed by atoms with van der Waals surface area (Å²) >= 11 is 5.87. The predicted octanol–water partition coefficient (Wildman–Crippen LogP) is 4.46. The first-order valence-electron chi connectivity index (χ1n) is 7.82. The first kappa shape index (κ1) is 17.4. The maximum Gasteiger partial charge on any atom is 0.349 e. The number of aryl methyl sites for hydroxylation is 1. The van der Waals surface area contributed by atoms with Crippen molar-refractivity contribution in [3.05, 3.63) is 57.9 Å². The lowest BCUT2D eigenvalue weighted by atomic mass is 10.0. The Morgan fingerprint density at radius 3 is 2.72 bits per heavy atom. The van der Waals surface area contributed by atoms with E-state index >= 15 is 0 Å². The molecule has 2 aromatic carbocycles. The summed E-state index contributed by atoms with van der Waals surface area (Å²) in [6.45, 7) is 3.24. The zero-order valence-electron chi connectivity index (χ0n) is 13.8. The van der Waals surface area contributed by atoms with Crippen LogP contribution in [0.2, 0.25) is 5.02 Å². The largest absolute Gasteiger partial charge is 0.482 e. The van der Waals surface area contributed by atoms with E-state index in [-0.39, 0.29) is 36.0 Å². The van der Waals surface area contributed by atoms with Gasteiger partial charge in [-0.05, 0) is 48.7 Å². The zero-order chi connectivity index (χ0) is 18.1. The molecule has 0 aromatic heterocycles. The molecule has 0 saturated carbocycles. The molecular formula is C19H16ClFO4. The minimum atomic E-state index is -0.671. The summed E-state index contributed by atoms with van der Waals surface area (Å²) < 4.78 is 24.6. The molecule has 2 aromatic rings. The summed E-state index contributed by atoms with van der Waals surface area (Å²) in [4.78, 5) is 24.1. The van der Waals surface area contributed by atoms with E-state index in [0.29, 0.717) is 16.3 Å². The maximum absolute atomic E-state index is 14.0. The number of carbonyl (C=O) groups is 2. The number of hydrogen-bond donors (Lipinski definition) is 0. The van der Waals surface area contributed by atoms with Gasteiger partial charge in [0, 0.05) is 17.0 Å². The number of fused-ring (bicyclic) bond motifs is 1. The van der Waals surface area contributed by atoms with Gasteiger partial charge in [-0.3, -0.25) is 4.79 Å². The second kappa shape index (κ2) is 6.84. The van der Waals surface area contributed by atoms with E-state index in [9.17, 15) is 14.0 Å². The van der Waals surface area contributed by atoms with Crippen LogP contribution in [0.1, 0.15) is 40.7 Å². The third-order valence-electron chi connectivity index (χ3n) is 4.12. The Balaban J connectivity index is 1.73. The SMILES string of the molecule is Cc1cc(Cl)ccc1OCC(=O)Oc1ccc(F)c2c1C(=O)CC2C. The highest BCUT2D eigenvalue weighted by atomic mass is 35.5. The van der Waals surface area contributed by atoms with Crippen molar-refractivity contribution >= 4 is 23.4 Å². The Hall–Kier alpha value is -2.40. The molecule has 0 N–H and O–H groups in total. The fourth-order valence-corrected chi connectivity index (χ4v) is 3.20. The molecule has 0 saturated heterocycles. The van der Waals surface area contributed by atoms with Gasteiger partial charge in [-0.2, -0.15) is 0 Å². The molecule has 0 bridgehead atoms. The number of ketones is 1.